The highest BCUT2D eigenvalue weighted by Crippen LogP contribution is 2.46. The number of hydrogen-bond acceptors (Lipinski definition) is 4. The standard InChI is InChI=1S/C28H30N2O5/c31-24(30-14-17-9-10-18(15-30)25(17)26(32)33)13-28(11-12-28)29-27(34)35-16-23-21-7-3-1-5-19(21)20-6-2-4-8-22(20)23/h1-8,17-18,23,25H,9-16H2,(H,29,34)(H,32,33). The van der Waals surface area contributed by atoms with Gasteiger partial charge >= 0.3 is 12.1 Å². The molecule has 0 radical (unpaired) electrons. The molecule has 7 heteroatoms. The Kier molecular flexibility index (Phi) is 5.31. The summed E-state index contributed by atoms with van der Waals surface area (Å²) in [5.74, 6) is -0.980. The third-order valence-corrected chi connectivity index (χ3v) is 8.53. The van der Waals surface area contributed by atoms with E-state index < -0.39 is 17.6 Å². The van der Waals surface area contributed by atoms with Gasteiger partial charge in [-0.3, -0.25) is 9.59 Å². The first-order valence-corrected chi connectivity index (χ1v) is 12.6. The molecule has 6 rings (SSSR count). The highest BCUT2D eigenvalue weighted by Gasteiger charge is 2.50. The first-order valence-electron chi connectivity index (χ1n) is 12.6. The summed E-state index contributed by atoms with van der Waals surface area (Å²) in [5, 5.41) is 12.5. The minimum absolute atomic E-state index is 0.00202. The van der Waals surface area contributed by atoms with Crippen LogP contribution in [0.2, 0.25) is 0 Å². The van der Waals surface area contributed by atoms with E-state index in [0.717, 1.165) is 36.8 Å². The Bertz CT molecular complexity index is 1130. The van der Waals surface area contributed by atoms with Gasteiger partial charge in [0.05, 0.1) is 17.9 Å². The number of carbonyl (C=O) groups is 3. The van der Waals surface area contributed by atoms with Crippen LogP contribution in [0.4, 0.5) is 4.79 Å². The number of piperidine rings is 1. The van der Waals surface area contributed by atoms with Crippen molar-refractivity contribution in [3.05, 3.63) is 59.7 Å². The molecule has 2 aromatic rings. The zero-order valence-electron chi connectivity index (χ0n) is 19.6. The van der Waals surface area contributed by atoms with E-state index in [1.807, 2.05) is 29.2 Å². The van der Waals surface area contributed by atoms with Crippen LogP contribution < -0.4 is 5.32 Å². The number of alkyl carbamates (subject to hydrolysis) is 1. The summed E-state index contributed by atoms with van der Waals surface area (Å²) in [7, 11) is 0. The lowest BCUT2D eigenvalue weighted by Crippen LogP contribution is -2.49. The fourth-order valence-corrected chi connectivity index (χ4v) is 6.58. The molecule has 2 bridgehead atoms. The molecule has 1 aliphatic heterocycles. The van der Waals surface area contributed by atoms with Gasteiger partial charge in [-0.2, -0.15) is 0 Å². The van der Waals surface area contributed by atoms with Gasteiger partial charge in [0.25, 0.3) is 0 Å². The van der Waals surface area contributed by atoms with Gasteiger partial charge in [0.1, 0.15) is 6.61 Å². The first-order chi connectivity index (χ1) is 16.9. The molecule has 2 aromatic carbocycles. The van der Waals surface area contributed by atoms with Gasteiger partial charge in [-0.25, -0.2) is 4.79 Å². The fraction of sp³-hybridized carbons (Fsp3) is 0.464. The van der Waals surface area contributed by atoms with Crippen LogP contribution in [0.1, 0.15) is 49.1 Å². The lowest BCUT2D eigenvalue weighted by Gasteiger charge is -2.36. The summed E-state index contributed by atoms with van der Waals surface area (Å²) in [4.78, 5) is 39.2. The van der Waals surface area contributed by atoms with Crippen LogP contribution in [0, 0.1) is 17.8 Å². The number of amides is 2. The van der Waals surface area contributed by atoms with Crippen molar-refractivity contribution in [2.24, 2.45) is 17.8 Å². The molecule has 4 aliphatic rings. The minimum atomic E-state index is -0.736. The predicted molar refractivity (Wildman–Crippen MR) is 129 cm³/mol. The molecule has 2 unspecified atom stereocenters. The Morgan fingerprint density at radius 2 is 1.51 bits per heavy atom. The molecule has 2 atom stereocenters. The van der Waals surface area contributed by atoms with Crippen LogP contribution in [0.25, 0.3) is 11.1 Å². The Morgan fingerprint density at radius 3 is 2.06 bits per heavy atom. The molecule has 7 nitrogen and oxygen atoms in total. The van der Waals surface area contributed by atoms with Crippen LogP contribution >= 0.6 is 0 Å². The lowest BCUT2D eigenvalue weighted by molar-refractivity contribution is -0.150. The molecule has 3 fully saturated rings. The maximum absolute atomic E-state index is 13.1. The maximum atomic E-state index is 13.1. The second-order valence-electron chi connectivity index (χ2n) is 10.7. The van der Waals surface area contributed by atoms with Crippen LogP contribution in [-0.2, 0) is 14.3 Å². The Labute approximate surface area is 204 Å². The molecule has 2 saturated carbocycles. The van der Waals surface area contributed by atoms with Gasteiger partial charge in [-0.05, 0) is 59.8 Å². The summed E-state index contributed by atoms with van der Waals surface area (Å²) in [6.45, 7) is 1.26. The largest absolute Gasteiger partial charge is 0.481 e. The summed E-state index contributed by atoms with van der Waals surface area (Å²) in [6.07, 6.45) is 3.00. The zero-order chi connectivity index (χ0) is 24.2. The predicted octanol–water partition coefficient (Wildman–Crippen LogP) is 4.02. The molecule has 2 amide bonds. The number of ether oxygens (including phenoxy) is 1. The second kappa shape index (κ2) is 8.40. The van der Waals surface area contributed by atoms with Crippen molar-refractivity contribution in [3.63, 3.8) is 0 Å². The number of benzene rings is 2. The van der Waals surface area contributed by atoms with Crippen molar-refractivity contribution in [3.8, 4) is 11.1 Å². The molecule has 1 saturated heterocycles. The summed E-state index contributed by atoms with van der Waals surface area (Å²) >= 11 is 0. The smallest absolute Gasteiger partial charge is 0.407 e. The molecular weight excluding hydrogens is 444 g/mol. The molecule has 1 heterocycles. The van der Waals surface area contributed by atoms with E-state index in [-0.39, 0.29) is 42.6 Å². The number of nitrogens with zero attached hydrogens (tertiary/aromatic N) is 1. The highest BCUT2D eigenvalue weighted by atomic mass is 16.5. The first kappa shape index (κ1) is 22.1. The van der Waals surface area contributed by atoms with E-state index in [1.165, 1.54) is 11.1 Å². The molecule has 182 valence electrons. The average molecular weight is 475 g/mol. The Morgan fingerprint density at radius 1 is 0.943 bits per heavy atom. The van der Waals surface area contributed by atoms with E-state index in [9.17, 15) is 19.5 Å². The van der Waals surface area contributed by atoms with Gasteiger partial charge in [-0.1, -0.05) is 48.5 Å². The van der Waals surface area contributed by atoms with Crippen molar-refractivity contribution >= 4 is 18.0 Å². The van der Waals surface area contributed by atoms with E-state index >= 15 is 0 Å². The highest BCUT2D eigenvalue weighted by molar-refractivity contribution is 5.81. The number of carboxylic acid groups (broad SMARTS) is 1. The van der Waals surface area contributed by atoms with E-state index in [1.54, 1.807) is 0 Å². The number of aliphatic carboxylic acids is 1. The van der Waals surface area contributed by atoms with Crippen LogP contribution in [-0.4, -0.2) is 53.2 Å². The zero-order valence-corrected chi connectivity index (χ0v) is 19.6. The van der Waals surface area contributed by atoms with Crippen molar-refractivity contribution in [2.75, 3.05) is 19.7 Å². The van der Waals surface area contributed by atoms with Crippen molar-refractivity contribution in [2.45, 2.75) is 43.6 Å². The average Bonchev–Trinajstić information content (AvgIpc) is 3.43. The molecule has 35 heavy (non-hydrogen) atoms. The molecule has 2 N–H and O–H groups in total. The molecule has 0 aromatic heterocycles. The Balaban J connectivity index is 1.06. The summed E-state index contributed by atoms with van der Waals surface area (Å²) in [6, 6.07) is 16.4. The van der Waals surface area contributed by atoms with Crippen molar-refractivity contribution in [1.29, 1.82) is 0 Å². The van der Waals surface area contributed by atoms with Crippen LogP contribution in [0.5, 0.6) is 0 Å². The number of carbonyl (C=O) groups excluding carboxylic acids is 2. The SMILES string of the molecule is O=C(NC1(CC(=O)N2CC3CCC(C2)C3C(=O)O)CC1)OCC1c2ccccc2-c2ccccc21. The quantitative estimate of drug-likeness (QED) is 0.659. The van der Waals surface area contributed by atoms with Crippen LogP contribution in [0.3, 0.4) is 0 Å². The lowest BCUT2D eigenvalue weighted by atomic mass is 9.85. The molecule has 3 aliphatic carbocycles. The number of nitrogens with one attached hydrogen (secondary N) is 1. The Hall–Kier alpha value is -3.35. The van der Waals surface area contributed by atoms with Crippen molar-refractivity contribution < 1.29 is 24.2 Å². The summed E-state index contributed by atoms with van der Waals surface area (Å²) < 4.78 is 5.69. The van der Waals surface area contributed by atoms with E-state index in [4.69, 9.17) is 4.74 Å². The van der Waals surface area contributed by atoms with Gasteiger partial charge in [-0.15, -0.1) is 0 Å². The fourth-order valence-electron chi connectivity index (χ4n) is 6.58. The van der Waals surface area contributed by atoms with Crippen LogP contribution in [0.15, 0.2) is 48.5 Å². The molecule has 0 spiro atoms. The number of likely N-dealkylation sites (tertiary alicyclic amines) is 1. The van der Waals surface area contributed by atoms with E-state index in [2.05, 4.69) is 29.6 Å². The van der Waals surface area contributed by atoms with Gasteiger partial charge in [0.15, 0.2) is 0 Å². The number of rotatable bonds is 6. The maximum Gasteiger partial charge on any atom is 0.407 e. The van der Waals surface area contributed by atoms with Crippen molar-refractivity contribution in [1.82, 2.24) is 10.2 Å². The van der Waals surface area contributed by atoms with Gasteiger partial charge in [0.2, 0.25) is 5.91 Å². The minimum Gasteiger partial charge on any atom is -0.481 e. The summed E-state index contributed by atoms with van der Waals surface area (Å²) in [5.41, 5.74) is 4.15. The number of carboxylic acids is 1. The van der Waals surface area contributed by atoms with E-state index in [0.29, 0.717) is 13.1 Å². The number of hydrogen-bond donors (Lipinski definition) is 2. The number of fused-ring (bicyclic) bond motifs is 5. The normalized spacial score (nSPS) is 25.5. The van der Waals surface area contributed by atoms with Gasteiger partial charge < -0.3 is 20.1 Å². The molecular formula is C28H30N2O5. The monoisotopic (exact) mass is 474 g/mol. The van der Waals surface area contributed by atoms with Gasteiger partial charge in [0, 0.05) is 19.0 Å². The topological polar surface area (TPSA) is 95.9 Å². The second-order valence-corrected chi connectivity index (χ2v) is 10.7. The third kappa shape index (κ3) is 3.97. The third-order valence-electron chi connectivity index (χ3n) is 8.53.